The van der Waals surface area contributed by atoms with Crippen LogP contribution in [0.4, 0.5) is 5.69 Å². The SMILES string of the molecule is Cc1cccc(Cn2cc(NC(=O)c3ccc(-c4ccccc4)cc3)cn2)c1. The third-order valence-corrected chi connectivity index (χ3v) is 4.57. The normalized spacial score (nSPS) is 10.6. The number of carbonyl (C=O) groups excluding carboxylic acids is 1. The lowest BCUT2D eigenvalue weighted by Gasteiger charge is -2.05. The van der Waals surface area contributed by atoms with E-state index in [1.54, 1.807) is 6.20 Å². The molecular formula is C24H21N3O. The van der Waals surface area contributed by atoms with Crippen molar-refractivity contribution in [1.82, 2.24) is 9.78 Å². The molecule has 4 heteroatoms. The van der Waals surface area contributed by atoms with Crippen LogP contribution in [0.2, 0.25) is 0 Å². The molecule has 0 aliphatic carbocycles. The molecule has 0 spiro atoms. The molecule has 1 N–H and O–H groups in total. The third kappa shape index (κ3) is 4.18. The van der Waals surface area contributed by atoms with Gasteiger partial charge in [0.2, 0.25) is 0 Å². The van der Waals surface area contributed by atoms with Gasteiger partial charge in [-0.3, -0.25) is 9.48 Å². The van der Waals surface area contributed by atoms with Crippen LogP contribution in [0.15, 0.2) is 91.3 Å². The van der Waals surface area contributed by atoms with Gasteiger partial charge in [0.1, 0.15) is 0 Å². The number of nitrogens with one attached hydrogen (secondary N) is 1. The van der Waals surface area contributed by atoms with E-state index in [-0.39, 0.29) is 5.91 Å². The first-order chi connectivity index (χ1) is 13.7. The predicted molar refractivity (Wildman–Crippen MR) is 112 cm³/mol. The Morgan fingerprint density at radius 3 is 2.43 bits per heavy atom. The molecule has 0 fully saturated rings. The first-order valence-corrected chi connectivity index (χ1v) is 9.22. The summed E-state index contributed by atoms with van der Waals surface area (Å²) in [5.74, 6) is -0.144. The Kier molecular flexibility index (Phi) is 5.02. The molecule has 0 saturated carbocycles. The van der Waals surface area contributed by atoms with Gasteiger partial charge in [-0.1, -0.05) is 72.3 Å². The fraction of sp³-hybridized carbons (Fsp3) is 0.0833. The number of hydrogen-bond donors (Lipinski definition) is 1. The minimum Gasteiger partial charge on any atom is -0.319 e. The first-order valence-electron chi connectivity index (χ1n) is 9.22. The highest BCUT2D eigenvalue weighted by atomic mass is 16.1. The highest BCUT2D eigenvalue weighted by molar-refractivity contribution is 6.04. The maximum Gasteiger partial charge on any atom is 0.255 e. The molecule has 0 atom stereocenters. The van der Waals surface area contributed by atoms with E-state index in [1.165, 1.54) is 11.1 Å². The number of aryl methyl sites for hydroxylation is 1. The summed E-state index contributed by atoms with van der Waals surface area (Å²) >= 11 is 0. The van der Waals surface area contributed by atoms with Crippen molar-refractivity contribution in [2.24, 2.45) is 0 Å². The van der Waals surface area contributed by atoms with Crippen molar-refractivity contribution in [3.63, 3.8) is 0 Å². The number of nitrogens with zero attached hydrogens (tertiary/aromatic N) is 2. The summed E-state index contributed by atoms with van der Waals surface area (Å²) in [5, 5.41) is 7.26. The summed E-state index contributed by atoms with van der Waals surface area (Å²) in [5.41, 5.74) is 5.92. The number of carbonyl (C=O) groups is 1. The smallest absolute Gasteiger partial charge is 0.255 e. The zero-order valence-electron chi connectivity index (χ0n) is 15.7. The van der Waals surface area contributed by atoms with Crippen LogP contribution in [-0.2, 0) is 6.54 Å². The Hall–Kier alpha value is -3.66. The minimum atomic E-state index is -0.144. The fourth-order valence-corrected chi connectivity index (χ4v) is 3.16. The molecule has 0 bridgehead atoms. The standard InChI is InChI=1S/C24H21N3O/c1-18-6-5-7-19(14-18)16-27-17-23(15-25-27)26-24(28)22-12-10-21(11-13-22)20-8-3-2-4-9-20/h2-15,17H,16H2,1H3,(H,26,28). The van der Waals surface area contributed by atoms with Gasteiger partial charge in [-0.2, -0.15) is 5.10 Å². The van der Waals surface area contributed by atoms with Crippen LogP contribution in [0, 0.1) is 6.92 Å². The molecular weight excluding hydrogens is 346 g/mol. The van der Waals surface area contributed by atoms with Crippen molar-refractivity contribution in [3.05, 3.63) is 108 Å². The summed E-state index contributed by atoms with van der Waals surface area (Å²) in [6.07, 6.45) is 3.52. The highest BCUT2D eigenvalue weighted by Gasteiger charge is 2.08. The van der Waals surface area contributed by atoms with Crippen LogP contribution in [0.25, 0.3) is 11.1 Å². The second-order valence-electron chi connectivity index (χ2n) is 6.81. The lowest BCUT2D eigenvalue weighted by molar-refractivity contribution is 0.102. The maximum absolute atomic E-state index is 12.5. The molecule has 28 heavy (non-hydrogen) atoms. The Morgan fingerprint density at radius 1 is 0.929 bits per heavy atom. The van der Waals surface area contributed by atoms with E-state index in [2.05, 4.69) is 47.7 Å². The third-order valence-electron chi connectivity index (χ3n) is 4.57. The zero-order valence-corrected chi connectivity index (χ0v) is 15.7. The summed E-state index contributed by atoms with van der Waals surface area (Å²) < 4.78 is 1.82. The molecule has 1 aromatic heterocycles. The minimum absolute atomic E-state index is 0.144. The number of benzene rings is 3. The van der Waals surface area contributed by atoms with Crippen molar-refractivity contribution in [3.8, 4) is 11.1 Å². The number of amides is 1. The fourth-order valence-electron chi connectivity index (χ4n) is 3.16. The average Bonchev–Trinajstić information content (AvgIpc) is 3.15. The number of rotatable bonds is 5. The average molecular weight is 367 g/mol. The van der Waals surface area contributed by atoms with Crippen molar-refractivity contribution in [2.45, 2.75) is 13.5 Å². The van der Waals surface area contributed by atoms with Gasteiger partial charge in [-0.15, -0.1) is 0 Å². The largest absolute Gasteiger partial charge is 0.319 e. The van der Waals surface area contributed by atoms with Crippen LogP contribution in [0.3, 0.4) is 0 Å². The van der Waals surface area contributed by atoms with Gasteiger partial charge in [-0.05, 0) is 35.7 Å². The summed E-state index contributed by atoms with van der Waals surface area (Å²) in [7, 11) is 0. The Morgan fingerprint density at radius 2 is 1.68 bits per heavy atom. The molecule has 138 valence electrons. The molecule has 4 nitrogen and oxygen atoms in total. The molecule has 3 aromatic carbocycles. The predicted octanol–water partition coefficient (Wildman–Crippen LogP) is 5.16. The van der Waals surface area contributed by atoms with Gasteiger partial charge in [0.15, 0.2) is 0 Å². The topological polar surface area (TPSA) is 46.9 Å². The lowest BCUT2D eigenvalue weighted by Crippen LogP contribution is -2.11. The molecule has 4 rings (SSSR count). The van der Waals surface area contributed by atoms with Gasteiger partial charge in [0, 0.05) is 11.8 Å². The molecule has 1 amide bonds. The summed E-state index contributed by atoms with van der Waals surface area (Å²) in [6, 6.07) is 26.0. The second kappa shape index (κ2) is 7.92. The molecule has 0 saturated heterocycles. The number of hydrogen-bond acceptors (Lipinski definition) is 2. The molecule has 0 unspecified atom stereocenters. The van der Waals surface area contributed by atoms with E-state index in [9.17, 15) is 4.79 Å². The molecule has 0 radical (unpaired) electrons. The van der Waals surface area contributed by atoms with Gasteiger partial charge >= 0.3 is 0 Å². The summed E-state index contributed by atoms with van der Waals surface area (Å²) in [4.78, 5) is 12.5. The lowest BCUT2D eigenvalue weighted by atomic mass is 10.0. The van der Waals surface area contributed by atoms with E-state index in [0.29, 0.717) is 17.8 Å². The van der Waals surface area contributed by atoms with Crippen molar-refractivity contribution in [1.29, 1.82) is 0 Å². The van der Waals surface area contributed by atoms with Gasteiger partial charge in [0.25, 0.3) is 5.91 Å². The van der Waals surface area contributed by atoms with Crippen LogP contribution >= 0.6 is 0 Å². The molecule has 0 aliphatic rings. The van der Waals surface area contributed by atoms with Crippen LogP contribution < -0.4 is 5.32 Å². The van der Waals surface area contributed by atoms with Crippen molar-refractivity contribution >= 4 is 11.6 Å². The van der Waals surface area contributed by atoms with Crippen LogP contribution in [0.5, 0.6) is 0 Å². The first kappa shape index (κ1) is 17.7. The van der Waals surface area contributed by atoms with E-state index in [4.69, 9.17) is 0 Å². The molecule has 4 aromatic rings. The highest BCUT2D eigenvalue weighted by Crippen LogP contribution is 2.20. The van der Waals surface area contributed by atoms with Crippen molar-refractivity contribution < 1.29 is 4.79 Å². The zero-order chi connectivity index (χ0) is 19.3. The quantitative estimate of drug-likeness (QED) is 0.530. The monoisotopic (exact) mass is 367 g/mol. The number of anilines is 1. The Balaban J connectivity index is 1.42. The summed E-state index contributed by atoms with van der Waals surface area (Å²) in [6.45, 7) is 2.74. The van der Waals surface area contributed by atoms with Crippen LogP contribution in [0.1, 0.15) is 21.5 Å². The van der Waals surface area contributed by atoms with Gasteiger partial charge < -0.3 is 5.32 Å². The Labute approximate surface area is 164 Å². The van der Waals surface area contributed by atoms with E-state index >= 15 is 0 Å². The van der Waals surface area contributed by atoms with Gasteiger partial charge in [-0.25, -0.2) is 0 Å². The van der Waals surface area contributed by atoms with E-state index in [1.807, 2.05) is 59.4 Å². The van der Waals surface area contributed by atoms with Gasteiger partial charge in [0.05, 0.1) is 18.4 Å². The van der Waals surface area contributed by atoms with E-state index in [0.717, 1.165) is 11.1 Å². The van der Waals surface area contributed by atoms with E-state index < -0.39 is 0 Å². The Bertz CT molecular complexity index is 1080. The maximum atomic E-state index is 12.5. The van der Waals surface area contributed by atoms with Crippen LogP contribution in [-0.4, -0.2) is 15.7 Å². The molecule has 0 aliphatic heterocycles. The second-order valence-corrected chi connectivity index (χ2v) is 6.81. The van der Waals surface area contributed by atoms with Crippen molar-refractivity contribution in [2.75, 3.05) is 5.32 Å². The number of aromatic nitrogens is 2. The molecule has 1 heterocycles.